The van der Waals surface area contributed by atoms with Gasteiger partial charge in [-0.2, -0.15) is 0 Å². The van der Waals surface area contributed by atoms with Crippen LogP contribution in [0, 0.1) is 0 Å². The lowest BCUT2D eigenvalue weighted by Crippen LogP contribution is -2.24. The fourth-order valence-corrected chi connectivity index (χ4v) is 2.23. The van der Waals surface area contributed by atoms with Crippen molar-refractivity contribution in [2.75, 3.05) is 6.54 Å². The monoisotopic (exact) mass is 319 g/mol. The number of hydrogen-bond acceptors (Lipinski definition) is 1. The Kier molecular flexibility index (Phi) is 4.62. The molecule has 0 atom stereocenters. The Balaban J connectivity index is 2.80. The van der Waals surface area contributed by atoms with Gasteiger partial charge in [0, 0.05) is 15.5 Å². The molecule has 1 aromatic carbocycles. The minimum atomic E-state index is -0.0359. The Morgan fingerprint density at radius 2 is 2.14 bits per heavy atom. The molecule has 0 spiro atoms. The molecule has 2 nitrogen and oxygen atoms in total. The SMILES string of the molecule is CCCNC(=O)c1ccc(Br)cc1Br. The molecule has 76 valence electrons. The number of benzene rings is 1. The summed E-state index contributed by atoms with van der Waals surface area (Å²) < 4.78 is 1.76. The topological polar surface area (TPSA) is 29.1 Å². The summed E-state index contributed by atoms with van der Waals surface area (Å²) in [5.74, 6) is -0.0359. The van der Waals surface area contributed by atoms with Gasteiger partial charge in [-0.15, -0.1) is 0 Å². The number of halogens is 2. The molecule has 0 aliphatic heterocycles. The average Bonchev–Trinajstić information content (AvgIpc) is 2.14. The van der Waals surface area contributed by atoms with Crippen LogP contribution in [0.5, 0.6) is 0 Å². The van der Waals surface area contributed by atoms with Crippen molar-refractivity contribution in [3.63, 3.8) is 0 Å². The van der Waals surface area contributed by atoms with E-state index in [1.54, 1.807) is 6.07 Å². The molecule has 1 amide bonds. The van der Waals surface area contributed by atoms with Crippen LogP contribution in [0.3, 0.4) is 0 Å². The van der Waals surface area contributed by atoms with Crippen molar-refractivity contribution in [2.45, 2.75) is 13.3 Å². The van der Waals surface area contributed by atoms with E-state index >= 15 is 0 Å². The lowest BCUT2D eigenvalue weighted by atomic mass is 10.2. The summed E-state index contributed by atoms with van der Waals surface area (Å²) in [5.41, 5.74) is 0.668. The maximum absolute atomic E-state index is 11.6. The van der Waals surface area contributed by atoms with Crippen LogP contribution in [0.2, 0.25) is 0 Å². The minimum Gasteiger partial charge on any atom is -0.352 e. The van der Waals surface area contributed by atoms with Gasteiger partial charge in [0.05, 0.1) is 5.56 Å². The molecule has 0 aromatic heterocycles. The zero-order valence-corrected chi connectivity index (χ0v) is 11.0. The predicted octanol–water partition coefficient (Wildman–Crippen LogP) is 3.35. The summed E-state index contributed by atoms with van der Waals surface area (Å²) in [4.78, 5) is 11.6. The molecule has 0 heterocycles. The van der Waals surface area contributed by atoms with E-state index in [-0.39, 0.29) is 5.91 Å². The third-order valence-corrected chi connectivity index (χ3v) is 2.86. The summed E-state index contributed by atoms with van der Waals surface area (Å²) in [7, 11) is 0. The Hall–Kier alpha value is -0.350. The van der Waals surface area contributed by atoms with Crippen LogP contribution in [-0.4, -0.2) is 12.5 Å². The molecule has 0 aliphatic rings. The number of rotatable bonds is 3. The lowest BCUT2D eigenvalue weighted by Gasteiger charge is -2.05. The van der Waals surface area contributed by atoms with Crippen molar-refractivity contribution >= 4 is 37.8 Å². The third-order valence-electron chi connectivity index (χ3n) is 1.71. The van der Waals surface area contributed by atoms with Crippen molar-refractivity contribution < 1.29 is 4.79 Å². The van der Waals surface area contributed by atoms with Gasteiger partial charge >= 0.3 is 0 Å². The summed E-state index contributed by atoms with van der Waals surface area (Å²) in [5, 5.41) is 2.82. The van der Waals surface area contributed by atoms with Gasteiger partial charge in [0.15, 0.2) is 0 Å². The number of hydrogen-bond donors (Lipinski definition) is 1. The molecule has 0 saturated heterocycles. The van der Waals surface area contributed by atoms with E-state index in [1.165, 1.54) is 0 Å². The van der Waals surface area contributed by atoms with Crippen molar-refractivity contribution in [3.8, 4) is 0 Å². The summed E-state index contributed by atoms with van der Waals surface area (Å²) >= 11 is 6.69. The first kappa shape index (κ1) is 11.7. The normalized spacial score (nSPS) is 9.93. The highest BCUT2D eigenvalue weighted by molar-refractivity contribution is 9.11. The molecule has 0 bridgehead atoms. The van der Waals surface area contributed by atoms with E-state index in [0.717, 1.165) is 15.4 Å². The Morgan fingerprint density at radius 3 is 2.71 bits per heavy atom. The first-order valence-corrected chi connectivity index (χ1v) is 5.97. The van der Waals surface area contributed by atoms with Gasteiger partial charge in [0.1, 0.15) is 0 Å². The average molecular weight is 321 g/mol. The maximum atomic E-state index is 11.6. The summed E-state index contributed by atoms with van der Waals surface area (Å²) in [6.07, 6.45) is 0.944. The number of nitrogens with one attached hydrogen (secondary N) is 1. The van der Waals surface area contributed by atoms with Gasteiger partial charge < -0.3 is 5.32 Å². The first-order valence-electron chi connectivity index (χ1n) is 4.38. The van der Waals surface area contributed by atoms with Gasteiger partial charge in [-0.05, 0) is 40.5 Å². The molecular weight excluding hydrogens is 310 g/mol. The number of carbonyl (C=O) groups is 1. The largest absolute Gasteiger partial charge is 0.352 e. The second-order valence-corrected chi connectivity index (χ2v) is 4.65. The molecule has 0 fully saturated rings. The number of carbonyl (C=O) groups excluding carboxylic acids is 1. The van der Waals surface area contributed by atoms with E-state index in [9.17, 15) is 4.79 Å². The van der Waals surface area contributed by atoms with E-state index in [1.807, 2.05) is 19.1 Å². The zero-order valence-electron chi connectivity index (χ0n) is 7.81. The summed E-state index contributed by atoms with van der Waals surface area (Å²) in [6.45, 7) is 2.73. The maximum Gasteiger partial charge on any atom is 0.252 e. The first-order chi connectivity index (χ1) is 6.65. The molecule has 1 aromatic rings. The quantitative estimate of drug-likeness (QED) is 0.909. The molecule has 1 N–H and O–H groups in total. The zero-order chi connectivity index (χ0) is 10.6. The third kappa shape index (κ3) is 3.10. The molecule has 4 heteroatoms. The van der Waals surface area contributed by atoms with E-state index < -0.39 is 0 Å². The highest BCUT2D eigenvalue weighted by atomic mass is 79.9. The Morgan fingerprint density at radius 1 is 1.43 bits per heavy atom. The smallest absolute Gasteiger partial charge is 0.252 e. The van der Waals surface area contributed by atoms with Gasteiger partial charge in [0.25, 0.3) is 5.91 Å². The molecule has 14 heavy (non-hydrogen) atoms. The molecule has 0 saturated carbocycles. The Bertz CT molecular complexity index is 339. The van der Waals surface area contributed by atoms with Crippen LogP contribution >= 0.6 is 31.9 Å². The molecule has 0 unspecified atom stereocenters. The molecule has 0 radical (unpaired) electrons. The van der Waals surface area contributed by atoms with Gasteiger partial charge in [0.2, 0.25) is 0 Å². The van der Waals surface area contributed by atoms with Gasteiger partial charge in [-0.1, -0.05) is 22.9 Å². The second-order valence-electron chi connectivity index (χ2n) is 2.88. The summed E-state index contributed by atoms with van der Waals surface area (Å²) in [6, 6.07) is 5.51. The van der Waals surface area contributed by atoms with Crippen LogP contribution in [-0.2, 0) is 0 Å². The second kappa shape index (κ2) is 5.51. The fraction of sp³-hybridized carbons (Fsp3) is 0.300. The standard InChI is InChI=1S/C10H11Br2NO/c1-2-5-13-10(14)8-4-3-7(11)6-9(8)12/h3-4,6H,2,5H2,1H3,(H,13,14). The van der Waals surface area contributed by atoms with Crippen LogP contribution < -0.4 is 5.32 Å². The van der Waals surface area contributed by atoms with Gasteiger partial charge in [-0.3, -0.25) is 4.79 Å². The van der Waals surface area contributed by atoms with Crippen LogP contribution in [0.15, 0.2) is 27.1 Å². The number of amides is 1. The Labute approximate surface area is 100 Å². The van der Waals surface area contributed by atoms with Crippen LogP contribution in [0.1, 0.15) is 23.7 Å². The van der Waals surface area contributed by atoms with E-state index in [2.05, 4.69) is 37.2 Å². The molecule has 1 rings (SSSR count). The highest BCUT2D eigenvalue weighted by Crippen LogP contribution is 2.21. The van der Waals surface area contributed by atoms with Crippen molar-refractivity contribution in [1.82, 2.24) is 5.32 Å². The molecule has 0 aliphatic carbocycles. The van der Waals surface area contributed by atoms with Crippen molar-refractivity contribution in [2.24, 2.45) is 0 Å². The van der Waals surface area contributed by atoms with E-state index in [4.69, 9.17) is 0 Å². The lowest BCUT2D eigenvalue weighted by molar-refractivity contribution is 0.0953. The van der Waals surface area contributed by atoms with Crippen molar-refractivity contribution in [3.05, 3.63) is 32.7 Å². The van der Waals surface area contributed by atoms with E-state index in [0.29, 0.717) is 12.1 Å². The van der Waals surface area contributed by atoms with Crippen LogP contribution in [0.4, 0.5) is 0 Å². The predicted molar refractivity (Wildman–Crippen MR) is 64.5 cm³/mol. The fourth-order valence-electron chi connectivity index (χ4n) is 1.01. The highest BCUT2D eigenvalue weighted by Gasteiger charge is 2.08. The van der Waals surface area contributed by atoms with Crippen LogP contribution in [0.25, 0.3) is 0 Å². The minimum absolute atomic E-state index is 0.0359. The van der Waals surface area contributed by atoms with Gasteiger partial charge in [-0.25, -0.2) is 0 Å². The molecular formula is C10H11Br2NO. The van der Waals surface area contributed by atoms with Crippen molar-refractivity contribution in [1.29, 1.82) is 0 Å².